The Bertz CT molecular complexity index is 1070. The van der Waals surface area contributed by atoms with E-state index in [0.29, 0.717) is 23.6 Å². The van der Waals surface area contributed by atoms with Gasteiger partial charge in [0.05, 0.1) is 12.1 Å². The number of rotatable bonds is 5. The first kappa shape index (κ1) is 16.1. The predicted octanol–water partition coefficient (Wildman–Crippen LogP) is 3.64. The average Bonchev–Trinajstić information content (AvgIpc) is 3.16. The molecular formula is C20H17N3O3. The van der Waals surface area contributed by atoms with Gasteiger partial charge in [-0.05, 0) is 24.6 Å². The Kier molecular flexibility index (Phi) is 4.23. The largest absolute Gasteiger partial charge is 0.487 e. The lowest BCUT2D eigenvalue weighted by atomic mass is 10.1. The highest BCUT2D eigenvalue weighted by molar-refractivity contribution is 6.05. The van der Waals surface area contributed by atoms with Gasteiger partial charge in [-0.3, -0.25) is 4.40 Å². The molecule has 6 heteroatoms. The number of aromatic nitrogens is 3. The molecule has 0 spiro atoms. The summed E-state index contributed by atoms with van der Waals surface area (Å²) in [6.45, 7) is 2.37. The van der Waals surface area contributed by atoms with Crippen molar-refractivity contribution in [3.63, 3.8) is 0 Å². The third-order valence-corrected chi connectivity index (χ3v) is 4.11. The SMILES string of the molecule is CCOC(=O)c1c(OCc2ccccc2)c2ccccc2n2cnnc12. The average molecular weight is 347 g/mol. The number of esters is 1. The fourth-order valence-electron chi connectivity index (χ4n) is 2.96. The number of carbonyl (C=O) groups excluding carboxylic acids is 1. The van der Waals surface area contributed by atoms with Crippen LogP contribution in [0.3, 0.4) is 0 Å². The molecule has 0 aliphatic carbocycles. The second-order valence-electron chi connectivity index (χ2n) is 5.74. The van der Waals surface area contributed by atoms with Crippen molar-refractivity contribution in [2.45, 2.75) is 13.5 Å². The smallest absolute Gasteiger partial charge is 0.345 e. The summed E-state index contributed by atoms with van der Waals surface area (Å²) in [5.41, 5.74) is 2.58. The summed E-state index contributed by atoms with van der Waals surface area (Å²) in [7, 11) is 0. The highest BCUT2D eigenvalue weighted by Crippen LogP contribution is 2.33. The summed E-state index contributed by atoms with van der Waals surface area (Å²) in [5, 5.41) is 8.89. The molecule has 0 unspecified atom stereocenters. The zero-order valence-electron chi connectivity index (χ0n) is 14.3. The molecule has 2 aromatic carbocycles. The summed E-state index contributed by atoms with van der Waals surface area (Å²) >= 11 is 0. The minimum Gasteiger partial charge on any atom is -0.487 e. The standard InChI is InChI=1S/C20H17N3O3/c1-2-25-20(24)17-18(26-12-14-8-4-3-5-9-14)15-10-6-7-11-16(15)23-13-21-22-19(17)23/h3-11,13H,2,12H2,1H3. The normalized spacial score (nSPS) is 11.0. The summed E-state index contributed by atoms with van der Waals surface area (Å²) < 4.78 is 13.1. The van der Waals surface area contributed by atoms with Gasteiger partial charge in [0.25, 0.3) is 0 Å². The Balaban J connectivity index is 1.91. The second-order valence-corrected chi connectivity index (χ2v) is 5.74. The minimum atomic E-state index is -0.473. The second kappa shape index (κ2) is 6.84. The van der Waals surface area contributed by atoms with Crippen LogP contribution in [0.5, 0.6) is 5.75 Å². The lowest BCUT2D eigenvalue weighted by Crippen LogP contribution is -2.11. The van der Waals surface area contributed by atoms with Gasteiger partial charge in [0.15, 0.2) is 5.65 Å². The quantitative estimate of drug-likeness (QED) is 0.516. The van der Waals surface area contributed by atoms with Crippen molar-refractivity contribution >= 4 is 22.5 Å². The van der Waals surface area contributed by atoms with Crippen LogP contribution in [0.25, 0.3) is 16.6 Å². The Labute approximate surface area is 150 Å². The summed E-state index contributed by atoms with van der Waals surface area (Å²) in [6, 6.07) is 17.5. The Morgan fingerprint density at radius 2 is 1.85 bits per heavy atom. The van der Waals surface area contributed by atoms with Gasteiger partial charge >= 0.3 is 5.97 Å². The Morgan fingerprint density at radius 3 is 2.65 bits per heavy atom. The van der Waals surface area contributed by atoms with E-state index >= 15 is 0 Å². The maximum absolute atomic E-state index is 12.6. The number of fused-ring (bicyclic) bond motifs is 3. The molecule has 0 N–H and O–H groups in total. The van der Waals surface area contributed by atoms with Crippen molar-refractivity contribution in [3.05, 3.63) is 72.1 Å². The van der Waals surface area contributed by atoms with Gasteiger partial charge in [0, 0.05) is 5.39 Å². The molecule has 2 aromatic heterocycles. The van der Waals surface area contributed by atoms with E-state index in [4.69, 9.17) is 9.47 Å². The number of para-hydroxylation sites is 1. The van der Waals surface area contributed by atoms with E-state index in [1.165, 1.54) is 0 Å². The van der Waals surface area contributed by atoms with Crippen molar-refractivity contribution in [3.8, 4) is 5.75 Å². The van der Waals surface area contributed by atoms with E-state index in [-0.39, 0.29) is 6.61 Å². The molecule has 0 radical (unpaired) electrons. The molecule has 0 aliphatic rings. The topological polar surface area (TPSA) is 65.7 Å². The molecule has 26 heavy (non-hydrogen) atoms. The lowest BCUT2D eigenvalue weighted by molar-refractivity contribution is 0.0523. The van der Waals surface area contributed by atoms with E-state index in [1.807, 2.05) is 54.6 Å². The fourth-order valence-corrected chi connectivity index (χ4v) is 2.96. The highest BCUT2D eigenvalue weighted by Gasteiger charge is 2.24. The number of hydrogen-bond donors (Lipinski definition) is 0. The first-order valence-electron chi connectivity index (χ1n) is 8.38. The van der Waals surface area contributed by atoms with Crippen molar-refractivity contribution < 1.29 is 14.3 Å². The van der Waals surface area contributed by atoms with Crippen LogP contribution in [-0.4, -0.2) is 27.2 Å². The molecule has 6 nitrogen and oxygen atoms in total. The predicted molar refractivity (Wildman–Crippen MR) is 97.2 cm³/mol. The molecule has 2 heterocycles. The van der Waals surface area contributed by atoms with Crippen molar-refractivity contribution in [2.75, 3.05) is 6.61 Å². The van der Waals surface area contributed by atoms with Crippen LogP contribution < -0.4 is 4.74 Å². The third kappa shape index (κ3) is 2.75. The Morgan fingerprint density at radius 1 is 1.08 bits per heavy atom. The molecule has 130 valence electrons. The minimum absolute atomic E-state index is 0.268. The summed E-state index contributed by atoms with van der Waals surface area (Å²) in [5.74, 6) is -0.0114. The monoisotopic (exact) mass is 347 g/mol. The number of pyridine rings is 1. The van der Waals surface area contributed by atoms with E-state index in [0.717, 1.165) is 16.5 Å². The van der Waals surface area contributed by atoms with Gasteiger partial charge in [-0.2, -0.15) is 0 Å². The zero-order valence-corrected chi connectivity index (χ0v) is 14.3. The van der Waals surface area contributed by atoms with Gasteiger partial charge in [0.2, 0.25) is 0 Å². The van der Waals surface area contributed by atoms with Crippen LogP contribution in [0.15, 0.2) is 60.9 Å². The van der Waals surface area contributed by atoms with Crippen molar-refractivity contribution in [2.24, 2.45) is 0 Å². The van der Waals surface area contributed by atoms with Crippen LogP contribution in [-0.2, 0) is 11.3 Å². The molecule has 0 atom stereocenters. The molecule has 0 saturated carbocycles. The fraction of sp³-hybridized carbons (Fsp3) is 0.150. The van der Waals surface area contributed by atoms with Crippen molar-refractivity contribution in [1.82, 2.24) is 14.6 Å². The first-order chi connectivity index (χ1) is 12.8. The molecule has 4 rings (SSSR count). The first-order valence-corrected chi connectivity index (χ1v) is 8.38. The van der Waals surface area contributed by atoms with Gasteiger partial charge in [-0.15, -0.1) is 10.2 Å². The molecule has 0 aliphatic heterocycles. The maximum atomic E-state index is 12.6. The lowest BCUT2D eigenvalue weighted by Gasteiger charge is -2.15. The van der Waals surface area contributed by atoms with Gasteiger partial charge < -0.3 is 9.47 Å². The summed E-state index contributed by atoms with van der Waals surface area (Å²) in [6.07, 6.45) is 1.58. The van der Waals surface area contributed by atoms with E-state index < -0.39 is 5.97 Å². The Hall–Kier alpha value is -3.41. The van der Waals surface area contributed by atoms with Crippen LogP contribution in [0.1, 0.15) is 22.8 Å². The third-order valence-electron chi connectivity index (χ3n) is 4.11. The molecule has 0 amide bonds. The van der Waals surface area contributed by atoms with Crippen LogP contribution in [0.2, 0.25) is 0 Å². The number of benzene rings is 2. The number of carbonyl (C=O) groups is 1. The van der Waals surface area contributed by atoms with Gasteiger partial charge in [-0.1, -0.05) is 42.5 Å². The summed E-state index contributed by atoms with van der Waals surface area (Å²) in [4.78, 5) is 12.6. The number of hydrogen-bond acceptors (Lipinski definition) is 5. The van der Waals surface area contributed by atoms with Crippen LogP contribution in [0, 0.1) is 0 Å². The molecule has 0 fully saturated rings. The zero-order chi connectivity index (χ0) is 17.9. The molecule has 0 bridgehead atoms. The van der Waals surface area contributed by atoms with Crippen LogP contribution in [0.4, 0.5) is 0 Å². The molecular weight excluding hydrogens is 330 g/mol. The van der Waals surface area contributed by atoms with Gasteiger partial charge in [-0.25, -0.2) is 4.79 Å². The maximum Gasteiger partial charge on any atom is 0.345 e. The van der Waals surface area contributed by atoms with Crippen LogP contribution >= 0.6 is 0 Å². The van der Waals surface area contributed by atoms with Crippen molar-refractivity contribution in [1.29, 1.82) is 0 Å². The van der Waals surface area contributed by atoms with E-state index in [9.17, 15) is 4.79 Å². The van der Waals surface area contributed by atoms with E-state index in [2.05, 4.69) is 10.2 Å². The number of ether oxygens (including phenoxy) is 2. The molecule has 4 aromatic rings. The highest BCUT2D eigenvalue weighted by atomic mass is 16.5. The van der Waals surface area contributed by atoms with Gasteiger partial charge in [0.1, 0.15) is 24.2 Å². The van der Waals surface area contributed by atoms with E-state index in [1.54, 1.807) is 17.7 Å². The molecule has 0 saturated heterocycles. The number of nitrogens with zero attached hydrogens (tertiary/aromatic N) is 3.